The summed E-state index contributed by atoms with van der Waals surface area (Å²) in [4.78, 5) is 29.2. The molecule has 2 aliphatic heterocycles. The number of carbonyl (C=O) groups excluding carboxylic acids is 2. The number of amides is 2. The highest BCUT2D eigenvalue weighted by molar-refractivity contribution is 7.92. The Morgan fingerprint density at radius 3 is 2.07 bits per heavy atom. The van der Waals surface area contributed by atoms with Gasteiger partial charge < -0.3 is 15.1 Å². The fraction of sp³-hybridized carbons (Fsp3) is 0.895. The SMILES string of the molecule is CS(=O)(=O)C1(C(=O)N2CCN(C(=O)CC3CCCCC3)CC2)CCNCC1. The standard InChI is InChI=1S/C19H33N3O4S/c1-27(25,26)19(7-9-20-10-8-19)18(24)22-13-11-21(12-14-22)17(23)15-16-5-3-2-4-6-16/h16,20H,2-15H2,1H3. The minimum absolute atomic E-state index is 0.189. The van der Waals surface area contributed by atoms with Gasteiger partial charge in [-0.25, -0.2) is 8.42 Å². The Bertz CT molecular complexity index is 644. The molecule has 0 unspecified atom stereocenters. The first kappa shape index (κ1) is 20.6. The molecule has 2 amide bonds. The molecule has 7 nitrogen and oxygen atoms in total. The predicted molar refractivity (Wildman–Crippen MR) is 104 cm³/mol. The second kappa shape index (κ2) is 8.47. The van der Waals surface area contributed by atoms with Crippen molar-refractivity contribution in [3.8, 4) is 0 Å². The number of nitrogens with zero attached hydrogens (tertiary/aromatic N) is 2. The summed E-state index contributed by atoms with van der Waals surface area (Å²) in [5, 5.41) is 3.14. The molecule has 0 bridgehead atoms. The average Bonchev–Trinajstić information content (AvgIpc) is 2.68. The number of hydrogen-bond acceptors (Lipinski definition) is 5. The van der Waals surface area contributed by atoms with Crippen molar-refractivity contribution in [3.63, 3.8) is 0 Å². The molecule has 3 aliphatic rings. The first-order valence-electron chi connectivity index (χ1n) is 10.3. The fourth-order valence-corrected chi connectivity index (χ4v) is 6.18. The Kier molecular flexibility index (Phi) is 6.46. The fourth-order valence-electron chi connectivity index (χ4n) is 4.79. The first-order valence-corrected chi connectivity index (χ1v) is 12.2. The number of carbonyl (C=O) groups is 2. The van der Waals surface area contributed by atoms with Crippen LogP contribution in [0.5, 0.6) is 0 Å². The summed E-state index contributed by atoms with van der Waals surface area (Å²) in [6.07, 6.45) is 8.47. The monoisotopic (exact) mass is 399 g/mol. The van der Waals surface area contributed by atoms with Crippen molar-refractivity contribution in [2.24, 2.45) is 5.92 Å². The van der Waals surface area contributed by atoms with Crippen LogP contribution >= 0.6 is 0 Å². The highest BCUT2D eigenvalue weighted by Gasteiger charge is 2.50. The summed E-state index contributed by atoms with van der Waals surface area (Å²) >= 11 is 0. The molecule has 0 aromatic rings. The van der Waals surface area contributed by atoms with Crippen LogP contribution in [0.15, 0.2) is 0 Å². The van der Waals surface area contributed by atoms with E-state index in [1.807, 2.05) is 4.90 Å². The van der Waals surface area contributed by atoms with Crippen LogP contribution in [0.4, 0.5) is 0 Å². The molecule has 0 radical (unpaired) electrons. The molecule has 1 N–H and O–H groups in total. The largest absolute Gasteiger partial charge is 0.339 e. The second-order valence-electron chi connectivity index (χ2n) is 8.40. The van der Waals surface area contributed by atoms with E-state index < -0.39 is 14.6 Å². The Morgan fingerprint density at radius 2 is 1.52 bits per heavy atom. The highest BCUT2D eigenvalue weighted by atomic mass is 32.2. The van der Waals surface area contributed by atoms with Gasteiger partial charge in [0.25, 0.3) is 0 Å². The van der Waals surface area contributed by atoms with Crippen LogP contribution < -0.4 is 5.32 Å². The third-order valence-electron chi connectivity index (χ3n) is 6.62. The lowest BCUT2D eigenvalue weighted by molar-refractivity contribution is -0.142. The van der Waals surface area contributed by atoms with E-state index in [1.54, 1.807) is 4.90 Å². The molecule has 3 rings (SSSR count). The Labute approximate surface area is 162 Å². The summed E-state index contributed by atoms with van der Waals surface area (Å²) in [5.74, 6) is 0.425. The van der Waals surface area contributed by atoms with Crippen LogP contribution in [-0.2, 0) is 19.4 Å². The zero-order valence-corrected chi connectivity index (χ0v) is 17.2. The van der Waals surface area contributed by atoms with E-state index in [0.29, 0.717) is 64.4 Å². The van der Waals surface area contributed by atoms with Gasteiger partial charge in [-0.3, -0.25) is 9.59 Å². The molecule has 1 aliphatic carbocycles. The van der Waals surface area contributed by atoms with E-state index in [9.17, 15) is 18.0 Å². The molecule has 0 atom stereocenters. The number of rotatable bonds is 4. The quantitative estimate of drug-likeness (QED) is 0.755. The maximum Gasteiger partial charge on any atom is 0.244 e. The van der Waals surface area contributed by atoms with Gasteiger partial charge in [-0.1, -0.05) is 19.3 Å². The lowest BCUT2D eigenvalue weighted by Crippen LogP contribution is -2.61. The normalized spacial score (nSPS) is 24.6. The van der Waals surface area contributed by atoms with Crippen molar-refractivity contribution < 1.29 is 18.0 Å². The van der Waals surface area contributed by atoms with Crippen LogP contribution in [0.2, 0.25) is 0 Å². The number of hydrogen-bond donors (Lipinski definition) is 1. The summed E-state index contributed by atoms with van der Waals surface area (Å²) < 4.78 is 23.6. The second-order valence-corrected chi connectivity index (χ2v) is 10.7. The van der Waals surface area contributed by atoms with Crippen molar-refractivity contribution in [2.45, 2.75) is 56.1 Å². The summed E-state index contributed by atoms with van der Waals surface area (Å²) in [7, 11) is -3.50. The Morgan fingerprint density at radius 1 is 0.963 bits per heavy atom. The van der Waals surface area contributed by atoms with Gasteiger partial charge in [0.15, 0.2) is 14.6 Å². The zero-order valence-electron chi connectivity index (χ0n) is 16.4. The summed E-state index contributed by atoms with van der Waals surface area (Å²) in [5.41, 5.74) is 0. The van der Waals surface area contributed by atoms with Gasteiger partial charge in [-0.05, 0) is 44.7 Å². The molecule has 3 fully saturated rings. The van der Waals surface area contributed by atoms with Crippen molar-refractivity contribution in [1.29, 1.82) is 0 Å². The first-order chi connectivity index (χ1) is 12.8. The number of nitrogens with one attached hydrogen (secondary N) is 1. The van der Waals surface area contributed by atoms with Crippen molar-refractivity contribution in [3.05, 3.63) is 0 Å². The van der Waals surface area contributed by atoms with Crippen LogP contribution in [0, 0.1) is 5.92 Å². The van der Waals surface area contributed by atoms with Crippen molar-refractivity contribution >= 4 is 21.7 Å². The summed E-state index contributed by atoms with van der Waals surface area (Å²) in [6.45, 7) is 2.96. The number of sulfone groups is 1. The lowest BCUT2D eigenvalue weighted by Gasteiger charge is -2.42. The van der Waals surface area contributed by atoms with Gasteiger partial charge in [0.1, 0.15) is 0 Å². The molecular weight excluding hydrogens is 366 g/mol. The Balaban J connectivity index is 1.57. The summed E-state index contributed by atoms with van der Waals surface area (Å²) in [6, 6.07) is 0. The van der Waals surface area contributed by atoms with Gasteiger partial charge in [0, 0.05) is 38.9 Å². The maximum absolute atomic E-state index is 13.1. The van der Waals surface area contributed by atoms with Crippen molar-refractivity contribution in [2.75, 3.05) is 45.5 Å². The van der Waals surface area contributed by atoms with Gasteiger partial charge in [-0.15, -0.1) is 0 Å². The van der Waals surface area contributed by atoms with Crippen LogP contribution in [0.3, 0.4) is 0 Å². The molecule has 0 aromatic carbocycles. The van der Waals surface area contributed by atoms with Gasteiger partial charge in [-0.2, -0.15) is 0 Å². The van der Waals surface area contributed by atoms with E-state index >= 15 is 0 Å². The molecule has 0 spiro atoms. The Hall–Kier alpha value is -1.15. The molecule has 2 saturated heterocycles. The molecular formula is C19H33N3O4S. The smallest absolute Gasteiger partial charge is 0.244 e. The minimum Gasteiger partial charge on any atom is -0.339 e. The van der Waals surface area contributed by atoms with Gasteiger partial charge >= 0.3 is 0 Å². The van der Waals surface area contributed by atoms with Crippen LogP contribution in [0.25, 0.3) is 0 Å². The van der Waals surface area contributed by atoms with Crippen LogP contribution in [-0.4, -0.2) is 80.3 Å². The van der Waals surface area contributed by atoms with E-state index in [-0.39, 0.29) is 11.8 Å². The molecule has 27 heavy (non-hydrogen) atoms. The molecule has 8 heteroatoms. The molecule has 154 valence electrons. The number of piperidine rings is 1. The highest BCUT2D eigenvalue weighted by Crippen LogP contribution is 2.31. The molecule has 2 heterocycles. The van der Waals surface area contributed by atoms with E-state index in [1.165, 1.54) is 25.5 Å². The third-order valence-corrected chi connectivity index (χ3v) is 8.62. The predicted octanol–water partition coefficient (Wildman–Crippen LogP) is 0.794. The van der Waals surface area contributed by atoms with E-state index in [2.05, 4.69) is 5.32 Å². The zero-order chi connectivity index (χ0) is 19.5. The number of piperazine rings is 1. The average molecular weight is 400 g/mol. The third kappa shape index (κ3) is 4.47. The van der Waals surface area contributed by atoms with Gasteiger partial charge in [0.2, 0.25) is 11.8 Å². The van der Waals surface area contributed by atoms with Crippen LogP contribution in [0.1, 0.15) is 51.4 Å². The molecule has 1 saturated carbocycles. The minimum atomic E-state index is -3.50. The van der Waals surface area contributed by atoms with E-state index in [0.717, 1.165) is 12.8 Å². The topological polar surface area (TPSA) is 86.8 Å². The maximum atomic E-state index is 13.1. The lowest BCUT2D eigenvalue weighted by atomic mass is 9.86. The molecule has 0 aromatic heterocycles. The van der Waals surface area contributed by atoms with Crippen molar-refractivity contribution in [1.82, 2.24) is 15.1 Å². The van der Waals surface area contributed by atoms with E-state index in [4.69, 9.17) is 0 Å². The van der Waals surface area contributed by atoms with Gasteiger partial charge in [0.05, 0.1) is 0 Å².